The summed E-state index contributed by atoms with van der Waals surface area (Å²) in [5.41, 5.74) is 9.33. The van der Waals surface area contributed by atoms with Crippen LogP contribution in [-0.2, 0) is 0 Å². The maximum Gasteiger partial charge on any atom is 0.161 e. The van der Waals surface area contributed by atoms with Crippen LogP contribution in [0, 0.1) is 0 Å². The molecule has 9 rings (SSSR count). The largest absolute Gasteiger partial charge is 0.264 e. The molecule has 0 saturated carbocycles. The Morgan fingerprint density at radius 3 is 1.91 bits per heavy atom. The average molecular weight is 618 g/mol. The average Bonchev–Trinajstić information content (AvgIpc) is 3.53. The van der Waals surface area contributed by atoms with Crippen molar-refractivity contribution in [2.45, 2.75) is 0 Å². The van der Waals surface area contributed by atoms with E-state index < -0.39 is 0 Å². The van der Waals surface area contributed by atoms with E-state index in [1.165, 1.54) is 42.1 Å². The highest BCUT2D eigenvalue weighted by molar-refractivity contribution is 7.25. The smallest absolute Gasteiger partial charge is 0.161 e. The van der Waals surface area contributed by atoms with Crippen molar-refractivity contribution < 1.29 is 0 Å². The predicted molar refractivity (Wildman–Crippen MR) is 197 cm³/mol. The molecule has 0 radical (unpaired) electrons. The van der Waals surface area contributed by atoms with Crippen molar-refractivity contribution >= 4 is 42.3 Å². The summed E-state index contributed by atoms with van der Waals surface area (Å²) in [5, 5.41) is 5.01. The summed E-state index contributed by atoms with van der Waals surface area (Å²) in [4.78, 5) is 14.8. The summed E-state index contributed by atoms with van der Waals surface area (Å²) < 4.78 is 2.57. The molecule has 0 aliphatic rings. The Balaban J connectivity index is 1.21. The van der Waals surface area contributed by atoms with Crippen LogP contribution in [0.2, 0.25) is 0 Å². The monoisotopic (exact) mass is 617 g/mol. The minimum atomic E-state index is 0.686. The SMILES string of the molecule is c1cncc(-c2ccccc2-c2nc(-c3ccc(-c4cccc5ccccc45)cc3)cc(-c3ccc4sc5ccccc5c4c3)n2)c1. The molecule has 0 N–H and O–H groups in total. The lowest BCUT2D eigenvalue weighted by Crippen LogP contribution is -1.97. The standard InChI is InChI=1S/C43H27N3S/c1-2-12-33-28(9-1)10-7-16-34(33)29-18-20-30(21-19-29)39-26-40(31-22-23-42-38(25-31)36-14-5-6-17-41(36)47-42)46-43(45-39)37-15-4-3-13-35(37)32-11-8-24-44-27-32/h1-27H. The fourth-order valence-electron chi connectivity index (χ4n) is 6.50. The van der Waals surface area contributed by atoms with Gasteiger partial charge in [-0.1, -0.05) is 121 Å². The first-order valence-electron chi connectivity index (χ1n) is 15.7. The highest BCUT2D eigenvalue weighted by Gasteiger charge is 2.16. The van der Waals surface area contributed by atoms with Gasteiger partial charge in [-0.05, 0) is 57.8 Å². The molecule has 0 bridgehead atoms. The molecule has 0 amide bonds. The lowest BCUT2D eigenvalue weighted by atomic mass is 9.96. The van der Waals surface area contributed by atoms with E-state index >= 15 is 0 Å². The Morgan fingerprint density at radius 2 is 1.06 bits per heavy atom. The van der Waals surface area contributed by atoms with E-state index in [2.05, 4.69) is 145 Å². The van der Waals surface area contributed by atoms with Crippen molar-refractivity contribution in [2.75, 3.05) is 0 Å². The van der Waals surface area contributed by atoms with E-state index in [-0.39, 0.29) is 0 Å². The summed E-state index contributed by atoms with van der Waals surface area (Å²) in [6, 6.07) is 53.6. The van der Waals surface area contributed by atoms with E-state index in [0.29, 0.717) is 5.82 Å². The first kappa shape index (κ1) is 27.3. The third-order valence-electron chi connectivity index (χ3n) is 8.82. The maximum absolute atomic E-state index is 5.23. The Labute approximate surface area is 276 Å². The van der Waals surface area contributed by atoms with Crippen LogP contribution in [0.25, 0.3) is 87.1 Å². The third-order valence-corrected chi connectivity index (χ3v) is 9.97. The summed E-state index contributed by atoms with van der Waals surface area (Å²) in [6.45, 7) is 0. The zero-order valence-corrected chi connectivity index (χ0v) is 26.2. The van der Waals surface area contributed by atoms with Gasteiger partial charge in [0.1, 0.15) is 0 Å². The van der Waals surface area contributed by atoms with Crippen molar-refractivity contribution in [1.29, 1.82) is 0 Å². The molecule has 0 spiro atoms. The van der Waals surface area contributed by atoms with Crippen molar-refractivity contribution in [3.8, 4) is 56.2 Å². The summed E-state index contributed by atoms with van der Waals surface area (Å²) in [7, 11) is 0. The van der Waals surface area contributed by atoms with Gasteiger partial charge in [-0.3, -0.25) is 4.98 Å². The van der Waals surface area contributed by atoms with Crippen LogP contribution in [0.15, 0.2) is 164 Å². The first-order chi connectivity index (χ1) is 23.3. The predicted octanol–water partition coefficient (Wildman–Crippen LogP) is 11.7. The number of nitrogens with zero attached hydrogens (tertiary/aromatic N) is 3. The highest BCUT2D eigenvalue weighted by Crippen LogP contribution is 2.38. The molecular weight excluding hydrogens is 591 g/mol. The van der Waals surface area contributed by atoms with E-state index in [0.717, 1.165) is 39.2 Å². The number of fused-ring (bicyclic) bond motifs is 4. The van der Waals surface area contributed by atoms with Gasteiger partial charge in [0.05, 0.1) is 11.4 Å². The number of rotatable bonds is 5. The van der Waals surface area contributed by atoms with Crippen LogP contribution in [0.1, 0.15) is 0 Å². The number of thiophene rings is 1. The maximum atomic E-state index is 5.23. The third kappa shape index (κ3) is 4.96. The molecule has 3 aromatic heterocycles. The number of hydrogen-bond donors (Lipinski definition) is 0. The molecule has 47 heavy (non-hydrogen) atoms. The first-order valence-corrected chi connectivity index (χ1v) is 16.5. The van der Waals surface area contributed by atoms with Crippen LogP contribution < -0.4 is 0 Å². The molecule has 4 heteroatoms. The second-order valence-electron chi connectivity index (χ2n) is 11.7. The Hall–Kier alpha value is -5.97. The normalized spacial score (nSPS) is 11.4. The number of hydrogen-bond acceptors (Lipinski definition) is 4. The van der Waals surface area contributed by atoms with Gasteiger partial charge in [-0.15, -0.1) is 11.3 Å². The summed E-state index contributed by atoms with van der Waals surface area (Å²) >= 11 is 1.83. The highest BCUT2D eigenvalue weighted by atomic mass is 32.1. The van der Waals surface area contributed by atoms with Crippen LogP contribution >= 0.6 is 11.3 Å². The summed E-state index contributed by atoms with van der Waals surface area (Å²) in [6.07, 6.45) is 3.69. The second kappa shape index (κ2) is 11.4. The molecule has 3 nitrogen and oxygen atoms in total. The lowest BCUT2D eigenvalue weighted by Gasteiger charge is -2.13. The quantitative estimate of drug-likeness (QED) is 0.193. The van der Waals surface area contributed by atoms with Gasteiger partial charge in [0.2, 0.25) is 0 Å². The fraction of sp³-hybridized carbons (Fsp3) is 0. The topological polar surface area (TPSA) is 38.7 Å². The molecule has 9 aromatic rings. The minimum Gasteiger partial charge on any atom is -0.264 e. The van der Waals surface area contributed by atoms with Crippen LogP contribution in [0.4, 0.5) is 0 Å². The molecule has 0 atom stereocenters. The number of benzene rings is 6. The minimum absolute atomic E-state index is 0.686. The van der Waals surface area contributed by atoms with Crippen LogP contribution in [-0.4, -0.2) is 15.0 Å². The van der Waals surface area contributed by atoms with Gasteiger partial charge < -0.3 is 0 Å². The zero-order valence-electron chi connectivity index (χ0n) is 25.3. The van der Waals surface area contributed by atoms with Crippen LogP contribution in [0.5, 0.6) is 0 Å². The van der Waals surface area contributed by atoms with E-state index in [1.807, 2.05) is 29.7 Å². The van der Waals surface area contributed by atoms with Gasteiger partial charge in [0.15, 0.2) is 5.82 Å². The van der Waals surface area contributed by atoms with E-state index in [4.69, 9.17) is 9.97 Å². The van der Waals surface area contributed by atoms with Crippen LogP contribution in [0.3, 0.4) is 0 Å². The number of pyridine rings is 1. The number of aromatic nitrogens is 3. The van der Waals surface area contributed by atoms with Gasteiger partial charge in [-0.25, -0.2) is 9.97 Å². The lowest BCUT2D eigenvalue weighted by molar-refractivity contribution is 1.18. The van der Waals surface area contributed by atoms with E-state index in [9.17, 15) is 0 Å². The molecule has 0 aliphatic carbocycles. The second-order valence-corrected chi connectivity index (χ2v) is 12.7. The van der Waals surface area contributed by atoms with Crippen molar-refractivity contribution in [3.05, 3.63) is 164 Å². The molecular formula is C43H27N3S. The molecule has 0 fully saturated rings. The molecule has 0 unspecified atom stereocenters. The molecule has 3 heterocycles. The molecule has 6 aromatic carbocycles. The van der Waals surface area contributed by atoms with Crippen molar-refractivity contribution in [1.82, 2.24) is 15.0 Å². The van der Waals surface area contributed by atoms with Gasteiger partial charge in [0.25, 0.3) is 0 Å². The molecule has 0 aliphatic heterocycles. The Morgan fingerprint density at radius 1 is 0.404 bits per heavy atom. The fourth-order valence-corrected chi connectivity index (χ4v) is 7.58. The molecule has 0 saturated heterocycles. The molecule has 220 valence electrons. The van der Waals surface area contributed by atoms with Gasteiger partial charge in [-0.2, -0.15) is 0 Å². The Kier molecular flexibility index (Phi) is 6.65. The summed E-state index contributed by atoms with van der Waals surface area (Å²) in [5.74, 6) is 0.686. The van der Waals surface area contributed by atoms with Gasteiger partial charge >= 0.3 is 0 Å². The Bertz CT molecular complexity index is 2560. The van der Waals surface area contributed by atoms with Crippen molar-refractivity contribution in [2.24, 2.45) is 0 Å². The zero-order chi connectivity index (χ0) is 31.2. The van der Waals surface area contributed by atoms with Crippen molar-refractivity contribution in [3.63, 3.8) is 0 Å². The van der Waals surface area contributed by atoms with Gasteiger partial charge in [0, 0.05) is 54.8 Å². The van der Waals surface area contributed by atoms with E-state index in [1.54, 1.807) is 6.20 Å².